The topological polar surface area (TPSA) is 70.8 Å². The second-order valence-electron chi connectivity index (χ2n) is 4.76. The molecule has 0 radical (unpaired) electrons. The molecule has 0 saturated carbocycles. The van der Waals surface area contributed by atoms with E-state index in [9.17, 15) is 4.79 Å². The Hall–Kier alpha value is -1.43. The number of carbonyl (C=O) groups is 1. The van der Waals surface area contributed by atoms with Crippen molar-refractivity contribution in [3.8, 4) is 0 Å². The number of benzene rings is 1. The van der Waals surface area contributed by atoms with E-state index in [1.165, 1.54) is 5.56 Å². The van der Waals surface area contributed by atoms with Gasteiger partial charge in [-0.25, -0.2) is 0 Å². The molecule has 0 aliphatic carbocycles. The highest BCUT2D eigenvalue weighted by Gasteiger charge is 2.14. The van der Waals surface area contributed by atoms with Crippen molar-refractivity contribution >= 4 is 5.97 Å². The molecular weight excluding hydrogens is 270 g/mol. The number of carbonyl (C=O) groups excluding carboxylic acids is 1. The molecule has 1 rings (SSSR count). The van der Waals surface area contributed by atoms with Gasteiger partial charge in [-0.1, -0.05) is 30.3 Å². The van der Waals surface area contributed by atoms with Crippen molar-refractivity contribution in [3.63, 3.8) is 0 Å². The molecule has 0 aliphatic rings. The maximum absolute atomic E-state index is 11.7. The summed E-state index contributed by atoms with van der Waals surface area (Å²) in [5, 5.41) is 0. The monoisotopic (exact) mass is 295 g/mol. The van der Waals surface area contributed by atoms with Crippen LogP contribution in [0.4, 0.5) is 0 Å². The second kappa shape index (κ2) is 11.3. The van der Waals surface area contributed by atoms with Crippen LogP contribution >= 0.6 is 0 Å². The average Bonchev–Trinajstić information content (AvgIpc) is 2.52. The van der Waals surface area contributed by atoms with Crippen molar-refractivity contribution in [2.75, 3.05) is 33.5 Å². The van der Waals surface area contributed by atoms with Crippen molar-refractivity contribution in [2.24, 2.45) is 5.73 Å². The number of hydrogen-bond donors (Lipinski definition) is 1. The van der Waals surface area contributed by atoms with Crippen LogP contribution in [0.2, 0.25) is 0 Å². The van der Waals surface area contributed by atoms with Gasteiger partial charge in [-0.05, 0) is 24.8 Å². The number of ether oxygens (including phenoxy) is 3. The summed E-state index contributed by atoms with van der Waals surface area (Å²) in [5.74, 6) is -0.369. The maximum Gasteiger partial charge on any atom is 0.323 e. The molecule has 21 heavy (non-hydrogen) atoms. The Morgan fingerprint density at radius 1 is 1.14 bits per heavy atom. The van der Waals surface area contributed by atoms with Gasteiger partial charge in [0.2, 0.25) is 0 Å². The average molecular weight is 295 g/mol. The molecule has 1 aromatic rings. The Kier molecular flexibility index (Phi) is 9.44. The Balaban J connectivity index is 2.06. The number of methoxy groups -OCH3 is 1. The van der Waals surface area contributed by atoms with E-state index in [0.717, 1.165) is 12.8 Å². The number of esters is 1. The summed E-state index contributed by atoms with van der Waals surface area (Å²) in [5.41, 5.74) is 6.98. The number of nitrogens with two attached hydrogens (primary N) is 1. The molecule has 0 bridgehead atoms. The van der Waals surface area contributed by atoms with E-state index < -0.39 is 6.04 Å². The number of aryl methyl sites for hydroxylation is 1. The van der Waals surface area contributed by atoms with Crippen LogP contribution in [0.25, 0.3) is 0 Å². The highest BCUT2D eigenvalue weighted by atomic mass is 16.6. The Bertz CT molecular complexity index is 383. The quantitative estimate of drug-likeness (QED) is 0.495. The van der Waals surface area contributed by atoms with E-state index in [2.05, 4.69) is 0 Å². The molecule has 0 amide bonds. The van der Waals surface area contributed by atoms with Crippen LogP contribution < -0.4 is 5.73 Å². The van der Waals surface area contributed by atoms with Crippen molar-refractivity contribution in [1.82, 2.24) is 0 Å². The molecule has 0 heterocycles. The van der Waals surface area contributed by atoms with Gasteiger partial charge in [0.05, 0.1) is 6.61 Å². The van der Waals surface area contributed by atoms with Gasteiger partial charge in [-0.2, -0.15) is 0 Å². The first-order chi connectivity index (χ1) is 10.2. The fourth-order valence-corrected chi connectivity index (χ4v) is 1.80. The van der Waals surface area contributed by atoms with Gasteiger partial charge in [-0.3, -0.25) is 4.79 Å². The lowest BCUT2D eigenvalue weighted by Crippen LogP contribution is -2.33. The van der Waals surface area contributed by atoms with E-state index in [0.29, 0.717) is 26.2 Å². The van der Waals surface area contributed by atoms with Gasteiger partial charge in [0.25, 0.3) is 0 Å². The molecule has 5 nitrogen and oxygen atoms in total. The first-order valence-corrected chi connectivity index (χ1v) is 7.27. The zero-order valence-electron chi connectivity index (χ0n) is 12.6. The van der Waals surface area contributed by atoms with Gasteiger partial charge in [-0.15, -0.1) is 0 Å². The maximum atomic E-state index is 11.7. The first-order valence-electron chi connectivity index (χ1n) is 7.27. The number of hydrogen-bond acceptors (Lipinski definition) is 5. The van der Waals surface area contributed by atoms with E-state index in [4.69, 9.17) is 19.9 Å². The largest absolute Gasteiger partial charge is 0.462 e. The molecule has 0 aromatic heterocycles. The standard InChI is InChI=1S/C16H25NO4/c1-19-10-5-11-20-12-13-21-16(18)15(17)9-8-14-6-3-2-4-7-14/h2-4,6-7,15H,5,8-13,17H2,1H3/t15-/m0/s1. The molecule has 0 fully saturated rings. The minimum absolute atomic E-state index is 0.241. The van der Waals surface area contributed by atoms with E-state index in [-0.39, 0.29) is 12.6 Å². The van der Waals surface area contributed by atoms with Crippen molar-refractivity contribution < 1.29 is 19.0 Å². The molecule has 0 unspecified atom stereocenters. The second-order valence-corrected chi connectivity index (χ2v) is 4.76. The zero-order valence-corrected chi connectivity index (χ0v) is 12.6. The molecule has 118 valence electrons. The highest BCUT2D eigenvalue weighted by Crippen LogP contribution is 2.04. The van der Waals surface area contributed by atoms with Crippen molar-refractivity contribution in [2.45, 2.75) is 25.3 Å². The predicted octanol–water partition coefficient (Wildman–Crippen LogP) is 1.54. The van der Waals surface area contributed by atoms with Gasteiger partial charge in [0.1, 0.15) is 12.6 Å². The van der Waals surface area contributed by atoms with Crippen molar-refractivity contribution in [3.05, 3.63) is 35.9 Å². The zero-order chi connectivity index (χ0) is 15.3. The molecule has 5 heteroatoms. The third-order valence-corrected chi connectivity index (χ3v) is 3.00. The Morgan fingerprint density at radius 3 is 2.62 bits per heavy atom. The summed E-state index contributed by atoms with van der Waals surface area (Å²) in [7, 11) is 1.65. The van der Waals surface area contributed by atoms with Crippen LogP contribution in [-0.2, 0) is 25.4 Å². The SMILES string of the molecule is COCCCOCCOC(=O)[C@@H](N)CCc1ccccc1. The first kappa shape index (κ1) is 17.6. The van der Waals surface area contributed by atoms with Gasteiger partial charge >= 0.3 is 5.97 Å². The summed E-state index contributed by atoms with van der Waals surface area (Å²) in [6.07, 6.45) is 2.18. The molecule has 0 saturated heterocycles. The Morgan fingerprint density at radius 2 is 1.90 bits per heavy atom. The highest BCUT2D eigenvalue weighted by molar-refractivity contribution is 5.75. The van der Waals surface area contributed by atoms with E-state index >= 15 is 0 Å². The van der Waals surface area contributed by atoms with E-state index in [1.54, 1.807) is 7.11 Å². The lowest BCUT2D eigenvalue weighted by molar-refractivity contribution is -0.146. The van der Waals surface area contributed by atoms with Crippen LogP contribution in [0.1, 0.15) is 18.4 Å². The molecular formula is C16H25NO4. The summed E-state index contributed by atoms with van der Waals surface area (Å²) in [6, 6.07) is 9.36. The van der Waals surface area contributed by atoms with Crippen LogP contribution in [-0.4, -0.2) is 45.5 Å². The normalized spacial score (nSPS) is 12.1. The lowest BCUT2D eigenvalue weighted by atomic mass is 10.1. The smallest absolute Gasteiger partial charge is 0.323 e. The van der Waals surface area contributed by atoms with Crippen LogP contribution in [0.15, 0.2) is 30.3 Å². The third-order valence-electron chi connectivity index (χ3n) is 3.00. The van der Waals surface area contributed by atoms with Gasteiger partial charge in [0, 0.05) is 20.3 Å². The van der Waals surface area contributed by atoms with Crippen LogP contribution in [0, 0.1) is 0 Å². The minimum atomic E-state index is -0.585. The minimum Gasteiger partial charge on any atom is -0.462 e. The van der Waals surface area contributed by atoms with Gasteiger partial charge < -0.3 is 19.9 Å². The molecule has 0 aliphatic heterocycles. The summed E-state index contributed by atoms with van der Waals surface area (Å²) < 4.78 is 15.3. The van der Waals surface area contributed by atoms with Gasteiger partial charge in [0.15, 0.2) is 0 Å². The summed E-state index contributed by atoms with van der Waals surface area (Å²) in [4.78, 5) is 11.7. The molecule has 2 N–H and O–H groups in total. The van der Waals surface area contributed by atoms with Crippen LogP contribution in [0.5, 0.6) is 0 Å². The number of rotatable bonds is 11. The summed E-state index contributed by atoms with van der Waals surface area (Å²) >= 11 is 0. The lowest BCUT2D eigenvalue weighted by Gasteiger charge is -2.11. The molecule has 0 spiro atoms. The Labute approximate surface area is 126 Å². The van der Waals surface area contributed by atoms with E-state index in [1.807, 2.05) is 30.3 Å². The predicted molar refractivity (Wildman–Crippen MR) is 81.0 cm³/mol. The van der Waals surface area contributed by atoms with Crippen LogP contribution in [0.3, 0.4) is 0 Å². The molecule has 1 atom stereocenters. The summed E-state index contributed by atoms with van der Waals surface area (Å²) in [6.45, 7) is 1.90. The fourth-order valence-electron chi connectivity index (χ4n) is 1.80. The molecule has 1 aromatic carbocycles. The van der Waals surface area contributed by atoms with Crippen molar-refractivity contribution in [1.29, 1.82) is 0 Å². The fraction of sp³-hybridized carbons (Fsp3) is 0.562. The third kappa shape index (κ3) is 8.45.